The molecule has 0 aliphatic rings. The van der Waals surface area contributed by atoms with Crippen LogP contribution in [-0.4, -0.2) is 30.9 Å². The number of anilines is 2. The average molecular weight is 266 g/mol. The molecule has 0 saturated heterocycles. The summed E-state index contributed by atoms with van der Waals surface area (Å²) in [6.07, 6.45) is 1.72. The van der Waals surface area contributed by atoms with Crippen LogP contribution >= 0.6 is 0 Å². The van der Waals surface area contributed by atoms with Crippen LogP contribution in [0.2, 0.25) is 0 Å². The van der Waals surface area contributed by atoms with E-state index in [-0.39, 0.29) is 6.61 Å². The lowest BCUT2D eigenvalue weighted by atomic mass is 10.2. The maximum Gasteiger partial charge on any atom is 0.144 e. The highest BCUT2D eigenvalue weighted by Gasteiger charge is 2.12. The number of ether oxygens (including phenoxy) is 1. The first kappa shape index (κ1) is 15.6. The third-order valence-electron chi connectivity index (χ3n) is 2.97. The molecule has 1 rings (SSSR count). The van der Waals surface area contributed by atoms with Crippen LogP contribution in [0.4, 0.5) is 11.4 Å². The minimum absolute atomic E-state index is 0.206. The van der Waals surface area contributed by atoms with E-state index in [9.17, 15) is 0 Å². The van der Waals surface area contributed by atoms with E-state index >= 15 is 0 Å². The number of aliphatic hydroxyl groups is 1. The summed E-state index contributed by atoms with van der Waals surface area (Å²) in [5.74, 6) is 0.744. The molecule has 0 fully saturated rings. The zero-order chi connectivity index (χ0) is 14.3. The van der Waals surface area contributed by atoms with E-state index < -0.39 is 0 Å². The lowest BCUT2D eigenvalue weighted by Crippen LogP contribution is -2.32. The monoisotopic (exact) mass is 266 g/mol. The molecule has 0 heterocycles. The zero-order valence-electron chi connectivity index (χ0n) is 12.2. The zero-order valence-corrected chi connectivity index (χ0v) is 12.2. The van der Waals surface area contributed by atoms with Crippen LogP contribution < -0.4 is 15.4 Å². The molecule has 0 bridgehead atoms. The molecular weight excluding hydrogens is 240 g/mol. The van der Waals surface area contributed by atoms with Gasteiger partial charge in [-0.3, -0.25) is 0 Å². The van der Waals surface area contributed by atoms with Crippen molar-refractivity contribution >= 4 is 11.4 Å². The summed E-state index contributed by atoms with van der Waals surface area (Å²) in [7, 11) is 0. The number of nitrogens with zero attached hydrogens (tertiary/aromatic N) is 1. The summed E-state index contributed by atoms with van der Waals surface area (Å²) in [5.41, 5.74) is 7.68. The Morgan fingerprint density at radius 3 is 2.68 bits per heavy atom. The summed E-state index contributed by atoms with van der Waals surface area (Å²) in [5, 5.41) is 8.99. The molecule has 0 aromatic heterocycles. The third-order valence-corrected chi connectivity index (χ3v) is 2.97. The van der Waals surface area contributed by atoms with Gasteiger partial charge in [-0.2, -0.15) is 0 Å². The molecule has 0 saturated carbocycles. The molecule has 0 amide bonds. The summed E-state index contributed by atoms with van der Waals surface area (Å²) in [4.78, 5) is 2.24. The van der Waals surface area contributed by atoms with Crippen molar-refractivity contribution in [2.75, 3.05) is 30.4 Å². The van der Waals surface area contributed by atoms with E-state index in [1.165, 1.54) is 0 Å². The topological polar surface area (TPSA) is 58.7 Å². The lowest BCUT2D eigenvalue weighted by molar-refractivity contribution is 0.288. The van der Waals surface area contributed by atoms with Gasteiger partial charge in [0.05, 0.1) is 12.3 Å². The molecule has 0 radical (unpaired) electrons. The van der Waals surface area contributed by atoms with Gasteiger partial charge in [-0.1, -0.05) is 6.92 Å². The summed E-state index contributed by atoms with van der Waals surface area (Å²) in [6.45, 7) is 8.05. The fourth-order valence-electron chi connectivity index (χ4n) is 1.97. The molecular formula is C15H26N2O2. The van der Waals surface area contributed by atoms with Gasteiger partial charge in [0.2, 0.25) is 0 Å². The van der Waals surface area contributed by atoms with Gasteiger partial charge < -0.3 is 20.5 Å². The minimum Gasteiger partial charge on any atom is -0.491 e. The molecule has 4 nitrogen and oxygen atoms in total. The van der Waals surface area contributed by atoms with Gasteiger partial charge >= 0.3 is 0 Å². The number of hydrogen-bond acceptors (Lipinski definition) is 4. The maximum absolute atomic E-state index is 8.99. The van der Waals surface area contributed by atoms with Crippen molar-refractivity contribution in [3.05, 3.63) is 18.2 Å². The third kappa shape index (κ3) is 4.63. The van der Waals surface area contributed by atoms with Crippen LogP contribution in [0.3, 0.4) is 0 Å². The van der Waals surface area contributed by atoms with Crippen molar-refractivity contribution in [1.82, 2.24) is 0 Å². The Morgan fingerprint density at radius 2 is 2.11 bits per heavy atom. The summed E-state index contributed by atoms with van der Waals surface area (Å²) in [6, 6.07) is 6.25. The molecule has 19 heavy (non-hydrogen) atoms. The molecule has 4 heteroatoms. The van der Waals surface area contributed by atoms with E-state index in [4.69, 9.17) is 15.6 Å². The predicted octanol–water partition coefficient (Wildman–Crippen LogP) is 2.65. The van der Waals surface area contributed by atoms with E-state index in [2.05, 4.69) is 25.7 Å². The van der Waals surface area contributed by atoms with Crippen LogP contribution in [0, 0.1) is 0 Å². The highest BCUT2D eigenvalue weighted by atomic mass is 16.5. The molecule has 0 aliphatic heterocycles. The quantitative estimate of drug-likeness (QED) is 0.710. The van der Waals surface area contributed by atoms with E-state index in [1.54, 1.807) is 0 Å². The highest BCUT2D eigenvalue weighted by molar-refractivity contribution is 5.62. The van der Waals surface area contributed by atoms with Crippen molar-refractivity contribution in [3.63, 3.8) is 0 Å². The average Bonchev–Trinajstić information content (AvgIpc) is 2.39. The Hall–Kier alpha value is -1.42. The number of hydrogen-bond donors (Lipinski definition) is 2. The predicted molar refractivity (Wildman–Crippen MR) is 80.8 cm³/mol. The van der Waals surface area contributed by atoms with Crippen LogP contribution in [0.1, 0.15) is 33.6 Å². The molecule has 0 atom stereocenters. The number of aliphatic hydroxyl groups excluding tert-OH is 1. The fraction of sp³-hybridized carbons (Fsp3) is 0.600. The van der Waals surface area contributed by atoms with Crippen molar-refractivity contribution in [3.8, 4) is 5.75 Å². The number of benzene rings is 1. The first-order valence-electron chi connectivity index (χ1n) is 7.00. The highest BCUT2D eigenvalue weighted by Crippen LogP contribution is 2.29. The normalized spacial score (nSPS) is 10.8. The number of nitrogen functional groups attached to an aromatic ring is 1. The lowest BCUT2D eigenvalue weighted by Gasteiger charge is -2.29. The van der Waals surface area contributed by atoms with Crippen LogP contribution in [-0.2, 0) is 0 Å². The Kier molecular flexibility index (Phi) is 6.50. The number of rotatable bonds is 8. The van der Waals surface area contributed by atoms with Crippen LogP contribution in [0.15, 0.2) is 18.2 Å². The molecule has 108 valence electrons. The second kappa shape index (κ2) is 7.89. The Labute approximate surface area is 116 Å². The molecule has 0 unspecified atom stereocenters. The first-order chi connectivity index (χ1) is 9.10. The van der Waals surface area contributed by atoms with Gasteiger partial charge in [0.15, 0.2) is 0 Å². The second-order valence-corrected chi connectivity index (χ2v) is 4.93. The van der Waals surface area contributed by atoms with E-state index in [1.807, 2.05) is 18.2 Å². The van der Waals surface area contributed by atoms with Crippen molar-refractivity contribution in [2.45, 2.75) is 39.7 Å². The van der Waals surface area contributed by atoms with Gasteiger partial charge in [-0.15, -0.1) is 0 Å². The van der Waals surface area contributed by atoms with Gasteiger partial charge in [0.25, 0.3) is 0 Å². The molecule has 0 aliphatic carbocycles. The van der Waals surface area contributed by atoms with Gasteiger partial charge in [-0.25, -0.2) is 0 Å². The van der Waals surface area contributed by atoms with Gasteiger partial charge in [0, 0.05) is 30.9 Å². The molecule has 1 aromatic rings. The Bertz CT molecular complexity index is 380. The second-order valence-electron chi connectivity index (χ2n) is 4.93. The van der Waals surface area contributed by atoms with Crippen LogP contribution in [0.25, 0.3) is 0 Å². The van der Waals surface area contributed by atoms with Crippen molar-refractivity contribution in [1.29, 1.82) is 0 Å². The maximum atomic E-state index is 8.99. The molecule has 3 N–H and O–H groups in total. The summed E-state index contributed by atoms with van der Waals surface area (Å²) < 4.78 is 5.66. The molecule has 1 aromatic carbocycles. The Morgan fingerprint density at radius 1 is 1.37 bits per heavy atom. The van der Waals surface area contributed by atoms with Crippen LogP contribution in [0.5, 0.6) is 5.75 Å². The smallest absolute Gasteiger partial charge is 0.144 e. The summed E-state index contributed by atoms with van der Waals surface area (Å²) >= 11 is 0. The Balaban J connectivity index is 2.90. The molecule has 0 spiro atoms. The largest absolute Gasteiger partial charge is 0.491 e. The van der Waals surface area contributed by atoms with E-state index in [0.29, 0.717) is 18.3 Å². The van der Waals surface area contributed by atoms with Gasteiger partial charge in [0.1, 0.15) is 5.75 Å². The van der Waals surface area contributed by atoms with Crippen molar-refractivity contribution in [2.24, 2.45) is 0 Å². The fourth-order valence-corrected chi connectivity index (χ4v) is 1.97. The minimum atomic E-state index is 0.206. The first-order valence-corrected chi connectivity index (χ1v) is 7.00. The van der Waals surface area contributed by atoms with E-state index in [0.717, 1.165) is 30.8 Å². The standard InChI is InChI=1S/C15H26N2O2/c1-4-10-19-15-11-13(6-7-14(15)16)17(12(2)3)8-5-9-18/h6-7,11-12,18H,4-5,8-10,16H2,1-3H3. The number of nitrogens with two attached hydrogens (primary N) is 1. The van der Waals surface area contributed by atoms with Crippen molar-refractivity contribution < 1.29 is 9.84 Å². The SMILES string of the molecule is CCCOc1cc(N(CCCO)C(C)C)ccc1N. The van der Waals surface area contributed by atoms with Gasteiger partial charge in [-0.05, 0) is 38.8 Å².